The molecule has 13 rings (SSSR count). The Labute approximate surface area is 488 Å². The number of allylic oxidation sites excluding steroid dienone is 12. The van der Waals surface area contributed by atoms with Crippen LogP contribution in [0.15, 0.2) is 203 Å². The van der Waals surface area contributed by atoms with E-state index in [1.807, 2.05) is 6.92 Å². The Balaban J connectivity index is 1.05. The molecule has 84 heavy (non-hydrogen) atoms. The lowest BCUT2D eigenvalue weighted by atomic mass is 9.76. The van der Waals surface area contributed by atoms with Crippen LogP contribution in [0.5, 0.6) is 0 Å². The lowest BCUT2D eigenvalue weighted by Gasteiger charge is -2.28. The van der Waals surface area contributed by atoms with Crippen LogP contribution in [0, 0.1) is 0 Å². The molecule has 0 aliphatic heterocycles. The highest BCUT2D eigenvalue weighted by atomic mass is 32.1. The molecule has 6 aliphatic carbocycles. The Morgan fingerprint density at radius 2 is 0.798 bits per heavy atom. The number of nitrogens with zero attached hydrogens (tertiary/aromatic N) is 2. The van der Waals surface area contributed by atoms with Crippen LogP contribution in [0.25, 0.3) is 33.0 Å². The third-order valence-corrected chi connectivity index (χ3v) is 17.7. The van der Waals surface area contributed by atoms with E-state index in [0.29, 0.717) is 41.5 Å². The first-order valence-corrected chi connectivity index (χ1v) is 28.7. The molecule has 0 N–H and O–H groups in total. The largest absolute Gasteiger partial charge is 0.459 e. The molecule has 0 bridgehead atoms. The molecule has 16 heteroatoms. The number of carbonyl (C=O) groups excluding carboxylic acids is 8. The van der Waals surface area contributed by atoms with E-state index in [1.165, 1.54) is 24.3 Å². The average Bonchev–Trinajstić information content (AvgIpc) is 1.63. The monoisotopic (exact) mass is 1150 g/mol. The van der Waals surface area contributed by atoms with Crippen LogP contribution in [-0.4, -0.2) is 57.0 Å². The van der Waals surface area contributed by atoms with E-state index in [-0.39, 0.29) is 113 Å². The molecule has 14 nitrogen and oxygen atoms in total. The summed E-state index contributed by atoms with van der Waals surface area (Å²) in [6, 6.07) is 38.4. The van der Waals surface area contributed by atoms with E-state index >= 15 is 19.2 Å². The number of fused-ring (bicyclic) bond motifs is 8. The summed E-state index contributed by atoms with van der Waals surface area (Å²) in [4.78, 5) is 130. The number of thiazole rings is 2. The van der Waals surface area contributed by atoms with Gasteiger partial charge in [0.15, 0.2) is 23.1 Å². The summed E-state index contributed by atoms with van der Waals surface area (Å²) in [7, 11) is 0. The molecule has 2 aromatic heterocycles. The fourth-order valence-corrected chi connectivity index (χ4v) is 13.6. The molecule has 0 spiro atoms. The summed E-state index contributed by atoms with van der Waals surface area (Å²) >= 11 is 1.94. The minimum atomic E-state index is -2.55. The van der Waals surface area contributed by atoms with Crippen LogP contribution >= 0.6 is 22.7 Å². The number of Topliss-reactive ketones (excluding diaryl/α,β-unsaturated/α-hetero) is 4. The quantitative estimate of drug-likeness (QED) is 0.0327. The van der Waals surface area contributed by atoms with Crippen molar-refractivity contribution >= 4 is 81.8 Å². The van der Waals surface area contributed by atoms with Gasteiger partial charge in [-0.1, -0.05) is 157 Å². The van der Waals surface area contributed by atoms with E-state index in [4.69, 9.17) is 28.9 Å². The van der Waals surface area contributed by atoms with Crippen molar-refractivity contribution in [2.75, 3.05) is 0 Å². The minimum absolute atomic E-state index is 0.00698. The molecule has 6 aliphatic rings. The number of ketones is 4. The van der Waals surface area contributed by atoms with Gasteiger partial charge in [-0.15, -0.1) is 22.7 Å². The van der Waals surface area contributed by atoms with E-state index in [2.05, 4.69) is 0 Å². The molecule has 5 aromatic carbocycles. The van der Waals surface area contributed by atoms with Crippen molar-refractivity contribution < 1.29 is 57.3 Å². The van der Waals surface area contributed by atoms with E-state index in [0.717, 1.165) is 28.2 Å². The van der Waals surface area contributed by atoms with Crippen LogP contribution in [-0.2, 0) is 94.6 Å². The fourth-order valence-electron chi connectivity index (χ4n) is 11.4. The van der Waals surface area contributed by atoms with Gasteiger partial charge in [0, 0.05) is 22.3 Å². The Hall–Kier alpha value is -9.90. The van der Waals surface area contributed by atoms with Gasteiger partial charge in [0.2, 0.25) is 10.8 Å². The van der Waals surface area contributed by atoms with Gasteiger partial charge in [0.1, 0.15) is 36.4 Å². The predicted molar refractivity (Wildman–Crippen MR) is 311 cm³/mol. The zero-order chi connectivity index (χ0) is 57.9. The first-order valence-electron chi connectivity index (χ1n) is 27.0. The molecular weight excluding hydrogens is 1100 g/mol. The summed E-state index contributed by atoms with van der Waals surface area (Å²) in [5.74, 6) is -6.39. The number of carbonyl (C=O) groups is 8. The second-order valence-electron chi connectivity index (χ2n) is 20.8. The van der Waals surface area contributed by atoms with Gasteiger partial charge in [0.25, 0.3) is 0 Å². The van der Waals surface area contributed by atoms with E-state index < -0.39 is 57.8 Å². The van der Waals surface area contributed by atoms with Crippen LogP contribution in [0.2, 0.25) is 0 Å². The van der Waals surface area contributed by atoms with Crippen molar-refractivity contribution in [1.29, 1.82) is 0 Å². The summed E-state index contributed by atoms with van der Waals surface area (Å²) < 4.78 is 24.8. The van der Waals surface area contributed by atoms with Crippen LogP contribution < -0.4 is 0 Å². The summed E-state index contributed by atoms with van der Waals surface area (Å²) in [6.07, 6.45) is 12.9. The van der Waals surface area contributed by atoms with Crippen molar-refractivity contribution in [3.63, 3.8) is 0 Å². The third-order valence-electron chi connectivity index (χ3n) is 15.6. The first-order chi connectivity index (χ1) is 40.9. The maximum absolute atomic E-state index is 15.8. The van der Waals surface area contributed by atoms with Gasteiger partial charge < -0.3 is 18.9 Å². The smallest absolute Gasteiger partial charge is 0.334 e. The number of ether oxygens (including phenoxy) is 4. The molecule has 0 atom stereocenters. The van der Waals surface area contributed by atoms with Gasteiger partial charge in [-0.05, 0) is 95.0 Å². The third kappa shape index (κ3) is 8.84. The molecule has 0 radical (unpaired) electrons. The van der Waals surface area contributed by atoms with Crippen molar-refractivity contribution in [2.24, 2.45) is 0 Å². The van der Waals surface area contributed by atoms with Crippen molar-refractivity contribution in [2.45, 2.75) is 63.4 Å². The molecule has 2 saturated carbocycles. The molecule has 7 aromatic rings. The SMILES string of the molecule is CC1=CC=C2C(=O)/C(=C/c3nc4c(s3)-c3cc5c(cc3C4(C(=O)OCc3ccccc3)C(=O)OCc3ccccc3)-c3sc(C=C4C(=O)C6=CCCC=C6C4=O)nc3C5(C(=O)OCc3ccccc3)C(=O)OCc3ccccc3)C(=O)C2=CC1. The van der Waals surface area contributed by atoms with E-state index in [9.17, 15) is 19.2 Å². The lowest BCUT2D eigenvalue weighted by molar-refractivity contribution is -0.166. The summed E-state index contributed by atoms with van der Waals surface area (Å²) in [6.45, 7) is 0.723. The normalized spacial score (nSPS) is 17.0. The molecule has 0 amide bonds. The predicted octanol–water partition coefficient (Wildman–Crippen LogP) is 11.0. The van der Waals surface area contributed by atoms with Crippen LogP contribution in [0.4, 0.5) is 0 Å². The molecule has 0 saturated heterocycles. The number of rotatable bonds is 14. The van der Waals surface area contributed by atoms with Gasteiger partial charge in [-0.2, -0.15) is 0 Å². The van der Waals surface area contributed by atoms with Gasteiger partial charge in [-0.3, -0.25) is 38.4 Å². The first kappa shape index (κ1) is 53.4. The standard InChI is InChI=1S/C68H46N2O12S2/c1-38-26-28-45-46(29-27-38)58(74)50(57(45)73)33-54-70-62-60(84-54)48-31-51-47(30-52(48)68(62,65(77)81-36-41-20-10-4-11-21-41)66(78)82-37-42-22-12-5-13-23-42)59-61(69-53(83-59)32-49-55(71)43-24-14-15-25-44(43)56(49)72)67(51,63(75)79-34-39-16-6-2-7-17-39)64(76)80-35-40-18-8-3-9-19-40/h2-13,16-26,28-33H,14-15,27,34-37H2,1H3/b50-33-. The Morgan fingerprint density at radius 1 is 0.464 bits per heavy atom. The fraction of sp³-hybridized carbons (Fsp3) is 0.147. The second-order valence-corrected chi connectivity index (χ2v) is 22.9. The Bertz CT molecular complexity index is 4130. The Morgan fingerprint density at radius 3 is 1.15 bits per heavy atom. The van der Waals surface area contributed by atoms with Crippen molar-refractivity contribution in [3.8, 4) is 20.9 Å². The van der Waals surface area contributed by atoms with Crippen molar-refractivity contribution in [3.05, 3.63) is 258 Å². The van der Waals surface area contributed by atoms with Crippen LogP contribution in [0.1, 0.15) is 81.0 Å². The summed E-state index contributed by atoms with van der Waals surface area (Å²) in [5.41, 5.74) is -1.04. The molecule has 2 heterocycles. The maximum atomic E-state index is 15.8. The number of benzene rings is 5. The van der Waals surface area contributed by atoms with Gasteiger partial charge >= 0.3 is 23.9 Å². The van der Waals surface area contributed by atoms with Crippen LogP contribution in [0.3, 0.4) is 0 Å². The lowest BCUT2D eigenvalue weighted by Crippen LogP contribution is -2.47. The molecule has 0 unspecified atom stereocenters. The number of aromatic nitrogens is 2. The number of hydrogen-bond donors (Lipinski definition) is 0. The molecular formula is C68H46N2O12S2. The van der Waals surface area contributed by atoms with Gasteiger partial charge in [-0.25, -0.2) is 9.97 Å². The maximum Gasteiger partial charge on any atom is 0.334 e. The highest BCUT2D eigenvalue weighted by molar-refractivity contribution is 7.17. The number of esters is 4. The highest BCUT2D eigenvalue weighted by Crippen LogP contribution is 2.60. The molecule has 2 fully saturated rings. The molecule has 412 valence electrons. The van der Waals surface area contributed by atoms with Gasteiger partial charge in [0.05, 0.1) is 32.3 Å². The number of hydrogen-bond acceptors (Lipinski definition) is 16. The zero-order valence-electron chi connectivity index (χ0n) is 44.8. The highest BCUT2D eigenvalue weighted by Gasteiger charge is 2.65. The second kappa shape index (κ2) is 21.5. The minimum Gasteiger partial charge on any atom is -0.459 e. The summed E-state index contributed by atoms with van der Waals surface area (Å²) in [5, 5.41) is 0.150. The zero-order valence-corrected chi connectivity index (χ0v) is 46.4. The average molecular weight is 1150 g/mol. The topological polar surface area (TPSA) is 199 Å². The van der Waals surface area contributed by atoms with Crippen molar-refractivity contribution in [1.82, 2.24) is 9.97 Å². The Kier molecular flexibility index (Phi) is 13.6. The van der Waals surface area contributed by atoms with E-state index in [1.54, 1.807) is 152 Å².